The Hall–Kier alpha value is -3.38. The van der Waals surface area contributed by atoms with E-state index in [0.29, 0.717) is 0 Å². The van der Waals surface area contributed by atoms with Gasteiger partial charge in [-0.1, -0.05) is 11.6 Å². The van der Waals surface area contributed by atoms with Crippen molar-refractivity contribution in [2.45, 2.75) is 38.8 Å². The molecule has 34 heavy (non-hydrogen) atoms. The molecule has 9 nitrogen and oxygen atoms in total. The number of aromatic nitrogens is 4. The Morgan fingerprint density at radius 1 is 1.32 bits per heavy atom. The maximum atomic E-state index is 13.6. The van der Waals surface area contributed by atoms with Crippen molar-refractivity contribution in [2.75, 3.05) is 17.3 Å². The van der Waals surface area contributed by atoms with Gasteiger partial charge >= 0.3 is 12.0 Å². The summed E-state index contributed by atoms with van der Waals surface area (Å²) in [6, 6.07) is 2.96. The van der Waals surface area contributed by atoms with Gasteiger partial charge in [-0.15, -0.1) is 0 Å². The minimum absolute atomic E-state index is 0.0527. The molecule has 3 N–H and O–H groups in total. The molecule has 13 heteroatoms. The van der Waals surface area contributed by atoms with Gasteiger partial charge in [0, 0.05) is 17.7 Å². The number of alkyl halides is 2. The van der Waals surface area contributed by atoms with Crippen LogP contribution in [0.15, 0.2) is 30.6 Å². The normalized spacial score (nSPS) is 11.6. The summed E-state index contributed by atoms with van der Waals surface area (Å²) in [5, 5.41) is 18.9. The predicted molar refractivity (Wildman–Crippen MR) is 119 cm³/mol. The molecule has 0 saturated carbocycles. The van der Waals surface area contributed by atoms with Gasteiger partial charge in [0.2, 0.25) is 0 Å². The lowest BCUT2D eigenvalue weighted by molar-refractivity contribution is 0.0787. The van der Waals surface area contributed by atoms with Crippen LogP contribution in [0.25, 0.3) is 0 Å². The van der Waals surface area contributed by atoms with Crippen molar-refractivity contribution in [1.82, 2.24) is 20.2 Å². The van der Waals surface area contributed by atoms with Crippen LogP contribution in [0.2, 0.25) is 5.02 Å². The first-order chi connectivity index (χ1) is 16.0. The number of nitrogens with one attached hydrogen (secondary N) is 2. The highest BCUT2D eigenvalue weighted by atomic mass is 35.5. The maximum Gasteiger partial charge on any atom is 0.326 e. The third-order valence-corrected chi connectivity index (χ3v) is 4.93. The number of aliphatic hydroxyl groups is 1. The second-order valence-electron chi connectivity index (χ2n) is 7.93. The van der Waals surface area contributed by atoms with Gasteiger partial charge in [-0.25, -0.2) is 27.9 Å². The van der Waals surface area contributed by atoms with Crippen molar-refractivity contribution >= 4 is 29.0 Å². The lowest BCUT2D eigenvalue weighted by Gasteiger charge is -2.24. The molecule has 0 aliphatic carbocycles. The van der Waals surface area contributed by atoms with Gasteiger partial charge in [0.05, 0.1) is 48.1 Å². The number of nitrogens with zero attached hydrogens (tertiary/aromatic N) is 4. The van der Waals surface area contributed by atoms with E-state index >= 15 is 0 Å². The van der Waals surface area contributed by atoms with E-state index in [2.05, 4.69) is 25.5 Å². The molecule has 3 aromatic rings. The van der Waals surface area contributed by atoms with Crippen LogP contribution in [-0.4, -0.2) is 44.0 Å². The molecule has 0 saturated heterocycles. The van der Waals surface area contributed by atoms with Crippen LogP contribution in [0.1, 0.15) is 37.2 Å². The summed E-state index contributed by atoms with van der Waals surface area (Å²) in [7, 11) is 1.37. The van der Waals surface area contributed by atoms with E-state index in [1.54, 1.807) is 0 Å². The molecule has 182 valence electrons. The molecule has 2 amide bonds. The number of urea groups is 1. The van der Waals surface area contributed by atoms with Crippen molar-refractivity contribution in [3.8, 4) is 6.01 Å². The van der Waals surface area contributed by atoms with Crippen molar-refractivity contribution in [1.29, 1.82) is 0 Å². The van der Waals surface area contributed by atoms with Crippen LogP contribution >= 0.6 is 11.6 Å². The van der Waals surface area contributed by atoms with Gasteiger partial charge < -0.3 is 15.2 Å². The Balaban J connectivity index is 1.98. The summed E-state index contributed by atoms with van der Waals surface area (Å²) in [6.07, 6.45) is -0.397. The lowest BCUT2D eigenvalue weighted by atomic mass is 9.96. The molecule has 0 aliphatic rings. The second-order valence-corrected chi connectivity index (χ2v) is 8.33. The fourth-order valence-corrected chi connectivity index (χ4v) is 3.29. The highest BCUT2D eigenvalue weighted by Gasteiger charge is 2.28. The number of H-pyrrole nitrogens is 1. The fraction of sp³-hybridized carbons (Fsp3) is 0.333. The number of hydrogen-bond donors (Lipinski definition) is 3. The molecule has 0 aliphatic heterocycles. The minimum Gasteiger partial charge on any atom is -0.467 e. The van der Waals surface area contributed by atoms with Crippen LogP contribution in [0.4, 0.5) is 29.3 Å². The molecule has 0 spiro atoms. The van der Waals surface area contributed by atoms with Gasteiger partial charge in [0.15, 0.2) is 0 Å². The van der Waals surface area contributed by atoms with E-state index in [4.69, 9.17) is 16.3 Å². The molecule has 2 aromatic heterocycles. The largest absolute Gasteiger partial charge is 0.467 e. The first-order valence-electron chi connectivity index (χ1n) is 9.94. The SMILES string of the molecule is COc1ncc(N(Cc2n[nH]c(C(F)F)c2CC(C)(C)O)C(=O)Nc2ccc(F)c(Cl)c2)cn1. The standard InChI is InChI=1S/C21H22ClF3N6O3/c1-21(2,33)7-13-16(29-30-17(13)18(24)25)10-31(12-8-26-19(34-3)27-9-12)20(32)28-11-4-5-15(23)14(22)6-11/h4-6,8-9,18,33H,7,10H2,1-3H3,(H,28,32)(H,29,30). The van der Waals surface area contributed by atoms with Crippen LogP contribution < -0.4 is 15.0 Å². The molecule has 2 heterocycles. The minimum atomic E-state index is -2.87. The molecule has 1 aromatic carbocycles. The number of aromatic amines is 1. The summed E-state index contributed by atoms with van der Waals surface area (Å²) >= 11 is 5.79. The maximum absolute atomic E-state index is 13.6. The summed E-state index contributed by atoms with van der Waals surface area (Å²) < 4.78 is 45.5. The van der Waals surface area contributed by atoms with Gasteiger partial charge in [0.1, 0.15) is 11.5 Å². The van der Waals surface area contributed by atoms with E-state index in [1.165, 1.54) is 45.5 Å². The lowest BCUT2D eigenvalue weighted by Crippen LogP contribution is -2.35. The first kappa shape index (κ1) is 25.2. The quantitative estimate of drug-likeness (QED) is 0.421. The number of methoxy groups -OCH3 is 1. The van der Waals surface area contributed by atoms with Crippen molar-refractivity contribution in [3.63, 3.8) is 0 Å². The van der Waals surface area contributed by atoms with Crippen LogP contribution in [0.5, 0.6) is 6.01 Å². The zero-order valence-corrected chi connectivity index (χ0v) is 19.2. The number of carbonyl (C=O) groups excluding carboxylic acids is 1. The van der Waals surface area contributed by atoms with Gasteiger partial charge in [-0.05, 0) is 32.0 Å². The first-order valence-corrected chi connectivity index (χ1v) is 10.3. The van der Waals surface area contributed by atoms with E-state index in [1.807, 2.05) is 0 Å². The zero-order chi connectivity index (χ0) is 25.0. The fourth-order valence-electron chi connectivity index (χ4n) is 3.11. The molecular weight excluding hydrogens is 477 g/mol. The molecule has 0 radical (unpaired) electrons. The number of benzene rings is 1. The number of carbonyl (C=O) groups is 1. The number of amides is 2. The number of anilines is 2. The summed E-state index contributed by atoms with van der Waals surface area (Å²) in [5.41, 5.74) is -1.18. The molecule has 0 unspecified atom stereocenters. The average Bonchev–Trinajstić information content (AvgIpc) is 3.15. The van der Waals surface area contributed by atoms with E-state index in [9.17, 15) is 23.1 Å². The average molecular weight is 499 g/mol. The van der Waals surface area contributed by atoms with Crippen molar-refractivity contribution < 1.29 is 27.8 Å². The Bertz CT molecular complexity index is 1150. The topological polar surface area (TPSA) is 116 Å². The van der Waals surface area contributed by atoms with Gasteiger partial charge in [-0.3, -0.25) is 10.00 Å². The second kappa shape index (κ2) is 10.3. The summed E-state index contributed by atoms with van der Waals surface area (Å²) in [4.78, 5) is 22.3. The molecule has 0 fully saturated rings. The highest BCUT2D eigenvalue weighted by Crippen LogP contribution is 2.29. The Kier molecular flexibility index (Phi) is 7.62. The molecular formula is C21H22ClF3N6O3. The zero-order valence-electron chi connectivity index (χ0n) is 18.4. The van der Waals surface area contributed by atoms with Gasteiger partial charge in [0.25, 0.3) is 6.43 Å². The smallest absolute Gasteiger partial charge is 0.326 e. The molecule has 0 atom stereocenters. The van der Waals surface area contributed by atoms with Gasteiger partial charge in [-0.2, -0.15) is 5.10 Å². The number of ether oxygens (including phenoxy) is 1. The van der Waals surface area contributed by atoms with E-state index < -0.39 is 29.6 Å². The highest BCUT2D eigenvalue weighted by molar-refractivity contribution is 6.31. The van der Waals surface area contributed by atoms with Crippen LogP contribution in [0.3, 0.4) is 0 Å². The summed E-state index contributed by atoms with van der Waals surface area (Å²) in [6.45, 7) is 2.67. The van der Waals surface area contributed by atoms with E-state index in [0.717, 1.165) is 11.0 Å². The van der Waals surface area contributed by atoms with E-state index in [-0.39, 0.29) is 46.6 Å². The Labute approximate surface area is 197 Å². The van der Waals surface area contributed by atoms with Crippen molar-refractivity contribution in [3.05, 3.63) is 58.4 Å². The predicted octanol–water partition coefficient (Wildman–Crippen LogP) is 4.49. The summed E-state index contributed by atoms with van der Waals surface area (Å²) in [5.74, 6) is -0.660. The number of halogens is 4. The molecule has 0 bridgehead atoms. The van der Waals surface area contributed by atoms with Crippen LogP contribution in [0, 0.1) is 5.82 Å². The number of rotatable bonds is 8. The third kappa shape index (κ3) is 6.14. The monoisotopic (exact) mass is 498 g/mol. The van der Waals surface area contributed by atoms with Crippen LogP contribution in [-0.2, 0) is 13.0 Å². The Morgan fingerprint density at radius 3 is 2.56 bits per heavy atom. The third-order valence-electron chi connectivity index (χ3n) is 4.65. The van der Waals surface area contributed by atoms with Crippen molar-refractivity contribution in [2.24, 2.45) is 0 Å². The Morgan fingerprint density at radius 2 is 2.00 bits per heavy atom. The molecule has 3 rings (SSSR count). The number of hydrogen-bond acceptors (Lipinski definition) is 6.